The summed E-state index contributed by atoms with van der Waals surface area (Å²) in [7, 11) is 0. The van der Waals surface area contributed by atoms with Gasteiger partial charge in [-0.1, -0.05) is 119 Å². The molecule has 0 N–H and O–H groups in total. The molecule has 4 aromatic carbocycles. The minimum Gasteiger partial charge on any atom is -0.0876 e. The van der Waals surface area contributed by atoms with Crippen LogP contribution in [0.1, 0.15) is 27.8 Å². The van der Waals surface area contributed by atoms with Gasteiger partial charge in [0.05, 0.1) is 0 Å². The van der Waals surface area contributed by atoms with Crippen LogP contribution >= 0.6 is 22.0 Å². The van der Waals surface area contributed by atoms with Gasteiger partial charge in [-0.15, -0.1) is 0 Å². The van der Waals surface area contributed by atoms with Crippen molar-refractivity contribution in [2.75, 3.05) is 0 Å². The van der Waals surface area contributed by atoms with Crippen molar-refractivity contribution in [3.8, 4) is 0 Å². The van der Waals surface area contributed by atoms with Crippen LogP contribution in [0.15, 0.2) is 97.1 Å². The molecule has 4 aliphatic carbocycles. The van der Waals surface area contributed by atoms with Crippen LogP contribution in [0.25, 0.3) is 0 Å². The molecule has 4 bridgehead atoms. The molecule has 4 aliphatic rings. The van der Waals surface area contributed by atoms with Crippen molar-refractivity contribution in [3.05, 3.63) is 125 Å². The molecule has 0 atom stereocenters. The number of benzene rings is 4. The predicted molar refractivity (Wildman–Crippen MR) is 146 cm³/mol. The molecular formula is C29H26BrPS. The van der Waals surface area contributed by atoms with Gasteiger partial charge in [0.25, 0.3) is 0 Å². The normalized spacial score (nSPS) is 13.5. The van der Waals surface area contributed by atoms with Gasteiger partial charge >= 0.3 is 0 Å². The van der Waals surface area contributed by atoms with Crippen LogP contribution in [0, 0.1) is 0 Å². The third-order valence-corrected chi connectivity index (χ3v) is 12.1. The predicted octanol–water partition coefficient (Wildman–Crippen LogP) is 6.22. The summed E-state index contributed by atoms with van der Waals surface area (Å²) in [5.74, 6) is 0. The SMILES string of the molecule is S=P(c1ccccc1)(c1ccccc1)c1cc2ccc1CCc1ccc(c(CBr)c1)CC2. The fourth-order valence-electron chi connectivity index (χ4n) is 4.73. The zero-order chi connectivity index (χ0) is 22.0. The molecular weight excluding hydrogens is 491 g/mol. The van der Waals surface area contributed by atoms with Crippen LogP contribution in [0.5, 0.6) is 0 Å². The van der Waals surface area contributed by atoms with Crippen molar-refractivity contribution in [3.63, 3.8) is 0 Å². The number of hydrogen-bond acceptors (Lipinski definition) is 1. The Labute approximate surface area is 204 Å². The van der Waals surface area contributed by atoms with E-state index in [-0.39, 0.29) is 0 Å². The molecule has 0 unspecified atom stereocenters. The van der Waals surface area contributed by atoms with Crippen LogP contribution in [-0.4, -0.2) is 0 Å². The zero-order valence-electron chi connectivity index (χ0n) is 18.0. The average Bonchev–Trinajstić information content (AvgIpc) is 2.86. The number of halogens is 1. The number of alkyl halides is 1. The van der Waals surface area contributed by atoms with Crippen molar-refractivity contribution in [2.45, 2.75) is 31.0 Å². The molecule has 0 radical (unpaired) electrons. The molecule has 0 saturated carbocycles. The molecule has 32 heavy (non-hydrogen) atoms. The highest BCUT2D eigenvalue weighted by atomic mass is 79.9. The van der Waals surface area contributed by atoms with Crippen molar-refractivity contribution in [1.29, 1.82) is 0 Å². The molecule has 4 aromatic rings. The van der Waals surface area contributed by atoms with E-state index >= 15 is 0 Å². The maximum absolute atomic E-state index is 6.70. The Balaban J connectivity index is 1.69. The Morgan fingerprint density at radius 3 is 1.75 bits per heavy atom. The lowest BCUT2D eigenvalue weighted by atomic mass is 9.94. The van der Waals surface area contributed by atoms with E-state index in [1.165, 1.54) is 43.7 Å². The second kappa shape index (κ2) is 9.48. The smallest absolute Gasteiger partial charge is 0.0382 e. The van der Waals surface area contributed by atoms with E-state index in [0.717, 1.165) is 31.0 Å². The molecule has 0 heterocycles. The monoisotopic (exact) mass is 516 g/mol. The summed E-state index contributed by atoms with van der Waals surface area (Å²) in [6.45, 7) is 0. The van der Waals surface area contributed by atoms with Gasteiger partial charge < -0.3 is 0 Å². The average molecular weight is 517 g/mol. The maximum atomic E-state index is 6.70. The van der Waals surface area contributed by atoms with Crippen molar-refractivity contribution < 1.29 is 0 Å². The van der Waals surface area contributed by atoms with Gasteiger partial charge in [-0.25, -0.2) is 0 Å². The summed E-state index contributed by atoms with van der Waals surface area (Å²) in [4.78, 5) is 0. The standard InChI is InChI=1S/C29H26BrPS/c30-21-26-19-22-11-15-24(26)16-12-23-14-18-25(17-13-22)29(20-23)31(32,27-7-3-1-4-8-27)28-9-5-2-6-10-28/h1-11,14-15,18-20H,12-13,16-17,21H2. The Kier molecular flexibility index (Phi) is 6.47. The van der Waals surface area contributed by atoms with Gasteiger partial charge in [0.2, 0.25) is 0 Å². The number of rotatable bonds is 4. The molecule has 3 heteroatoms. The fourth-order valence-corrected chi connectivity index (χ4v) is 9.47. The van der Waals surface area contributed by atoms with Gasteiger partial charge in [-0.3, -0.25) is 0 Å². The van der Waals surface area contributed by atoms with Crippen molar-refractivity contribution in [2.24, 2.45) is 0 Å². The molecule has 0 nitrogen and oxygen atoms in total. The van der Waals surface area contributed by atoms with E-state index in [9.17, 15) is 0 Å². The molecule has 160 valence electrons. The van der Waals surface area contributed by atoms with Gasteiger partial charge in [-0.2, -0.15) is 0 Å². The minimum absolute atomic E-state index is 0.918. The summed E-state index contributed by atoms with van der Waals surface area (Å²) in [6.07, 6.45) is 4.13. The summed E-state index contributed by atoms with van der Waals surface area (Å²) >= 11 is 10.4. The summed E-state index contributed by atoms with van der Waals surface area (Å²) in [5, 5.41) is 4.84. The highest BCUT2D eigenvalue weighted by Gasteiger charge is 2.27. The van der Waals surface area contributed by atoms with Gasteiger partial charge in [0, 0.05) is 11.4 Å². The highest BCUT2D eigenvalue weighted by Crippen LogP contribution is 2.44. The third kappa shape index (κ3) is 4.17. The van der Waals surface area contributed by atoms with Gasteiger partial charge in [-0.05, 0) is 75.5 Å². The molecule has 8 rings (SSSR count). The highest BCUT2D eigenvalue weighted by molar-refractivity contribution is 9.08. The first-order chi connectivity index (χ1) is 15.7. The second-order valence-electron chi connectivity index (χ2n) is 8.48. The zero-order valence-corrected chi connectivity index (χ0v) is 21.3. The lowest BCUT2D eigenvalue weighted by molar-refractivity contribution is 0.916. The van der Waals surface area contributed by atoms with Crippen LogP contribution in [0.3, 0.4) is 0 Å². The van der Waals surface area contributed by atoms with Crippen LogP contribution in [0.4, 0.5) is 0 Å². The lowest BCUT2D eigenvalue weighted by Crippen LogP contribution is -2.28. The Hall–Kier alpha value is -1.99. The van der Waals surface area contributed by atoms with E-state index in [1.807, 2.05) is 0 Å². The van der Waals surface area contributed by atoms with Crippen LogP contribution in [-0.2, 0) is 42.8 Å². The topological polar surface area (TPSA) is 0 Å². The Morgan fingerprint density at radius 1 is 0.625 bits per heavy atom. The first-order valence-corrected chi connectivity index (χ1v) is 15.1. The van der Waals surface area contributed by atoms with Gasteiger partial charge in [0.1, 0.15) is 0 Å². The van der Waals surface area contributed by atoms with Gasteiger partial charge in [0.15, 0.2) is 0 Å². The first kappa shape index (κ1) is 21.8. The summed E-state index contributed by atoms with van der Waals surface area (Å²) in [6, 6.07) is 33.6. The third-order valence-electron chi connectivity index (χ3n) is 6.51. The molecule has 0 spiro atoms. The van der Waals surface area contributed by atoms with E-state index in [0.29, 0.717) is 0 Å². The molecule has 0 aromatic heterocycles. The summed E-state index contributed by atoms with van der Waals surface area (Å²) in [5.41, 5.74) is 7.06. The largest absolute Gasteiger partial charge is 0.0876 e. The van der Waals surface area contributed by atoms with Crippen LogP contribution in [0.2, 0.25) is 0 Å². The van der Waals surface area contributed by atoms with E-state index < -0.39 is 6.04 Å². The first-order valence-electron chi connectivity index (χ1n) is 11.2. The Morgan fingerprint density at radius 2 is 1.16 bits per heavy atom. The summed E-state index contributed by atoms with van der Waals surface area (Å²) < 4.78 is 0. The lowest BCUT2D eigenvalue weighted by Gasteiger charge is -2.27. The van der Waals surface area contributed by atoms with E-state index in [1.54, 1.807) is 0 Å². The fraction of sp³-hybridized carbons (Fsp3) is 0.172. The quantitative estimate of drug-likeness (QED) is 0.229. The van der Waals surface area contributed by atoms with Crippen molar-refractivity contribution >= 4 is 49.7 Å². The molecule has 0 fully saturated rings. The molecule has 0 saturated heterocycles. The molecule has 0 amide bonds. The minimum atomic E-state index is -2.15. The van der Waals surface area contributed by atoms with E-state index in [4.69, 9.17) is 11.8 Å². The molecule has 0 aliphatic heterocycles. The van der Waals surface area contributed by atoms with E-state index in [2.05, 4.69) is 113 Å². The maximum Gasteiger partial charge on any atom is 0.0382 e. The number of hydrogen-bond donors (Lipinski definition) is 0. The van der Waals surface area contributed by atoms with Crippen LogP contribution < -0.4 is 15.9 Å². The second-order valence-corrected chi connectivity index (χ2v) is 13.4. The number of aryl methyl sites for hydroxylation is 4. The van der Waals surface area contributed by atoms with Crippen molar-refractivity contribution in [1.82, 2.24) is 0 Å². The Bertz CT molecular complexity index is 1240.